The monoisotopic (exact) mass is 824 g/mol. The zero-order chi connectivity index (χ0) is 38.2. The molecule has 0 N–H and O–H groups in total. The van der Waals surface area contributed by atoms with E-state index in [0.717, 1.165) is 48.0 Å². The van der Waals surface area contributed by atoms with Crippen molar-refractivity contribution < 1.29 is 20.8 Å². The summed E-state index contributed by atoms with van der Waals surface area (Å²) in [5.74, 6) is 1.40. The van der Waals surface area contributed by atoms with Crippen LogP contribution in [0.25, 0.3) is 43.8 Å². The van der Waals surface area contributed by atoms with Crippen LogP contribution in [0.4, 0.5) is 0 Å². The first-order valence-electron chi connectivity index (χ1n) is 19.2. The van der Waals surface area contributed by atoms with E-state index in [4.69, 9.17) is 17.0 Å². The Labute approximate surface area is 338 Å². The molecule has 0 nitrogen and oxygen atoms in total. The van der Waals surface area contributed by atoms with E-state index in [-0.39, 0.29) is 0 Å². The number of rotatable bonds is 10. The van der Waals surface area contributed by atoms with Crippen LogP contribution in [-0.4, -0.2) is 9.52 Å². The van der Waals surface area contributed by atoms with Crippen LogP contribution in [0.5, 0.6) is 0 Å². The van der Waals surface area contributed by atoms with Gasteiger partial charge in [-0.2, -0.15) is 12.1 Å². The van der Waals surface area contributed by atoms with Crippen LogP contribution < -0.4 is 0 Å². The predicted molar refractivity (Wildman–Crippen MR) is 234 cm³/mol. The number of halogens is 2. The molecule has 4 heteroatoms. The molecule has 0 saturated carbocycles. The van der Waals surface area contributed by atoms with Gasteiger partial charge in [-0.15, -0.1) is 69.1 Å². The first-order chi connectivity index (χ1) is 25.1. The first kappa shape index (κ1) is 44.2. The minimum atomic E-state index is -0.826. The summed E-state index contributed by atoms with van der Waals surface area (Å²) < 4.78 is 0. The van der Waals surface area contributed by atoms with E-state index in [1.807, 2.05) is 0 Å². The molecule has 0 heterocycles. The van der Waals surface area contributed by atoms with Crippen LogP contribution in [0.1, 0.15) is 88.8 Å². The molecule has 6 rings (SSSR count). The van der Waals surface area contributed by atoms with Gasteiger partial charge in [0.2, 0.25) is 0 Å². The van der Waals surface area contributed by atoms with Crippen molar-refractivity contribution in [1.82, 2.24) is 0 Å². The molecule has 0 aliphatic rings. The van der Waals surface area contributed by atoms with Gasteiger partial charge in [0.05, 0.1) is 0 Å². The number of hydrogen-bond donors (Lipinski definition) is 0. The molecule has 52 heavy (non-hydrogen) atoms. The van der Waals surface area contributed by atoms with E-state index < -0.39 is 20.8 Å². The summed E-state index contributed by atoms with van der Waals surface area (Å²) in [6.07, 6.45) is 6.63. The van der Waals surface area contributed by atoms with Gasteiger partial charge < -0.3 is 0 Å². The molecule has 6 aromatic rings. The third kappa shape index (κ3) is 11.9. The van der Waals surface area contributed by atoms with Crippen molar-refractivity contribution in [3.05, 3.63) is 130 Å². The maximum absolute atomic E-state index is 4.93. The normalized spacial score (nSPS) is 10.7. The van der Waals surface area contributed by atoms with Gasteiger partial charge in [0.25, 0.3) is 0 Å². The summed E-state index contributed by atoms with van der Waals surface area (Å²) in [7, 11) is 11.0. The van der Waals surface area contributed by atoms with Crippen LogP contribution in [-0.2, 0) is 59.4 Å². The number of aryl methyl sites for hydroxylation is 4. The quantitative estimate of drug-likeness (QED) is 0.0953. The molecule has 0 aliphatic heterocycles. The molecule has 0 bridgehead atoms. The Bertz CT molecular complexity index is 1800. The van der Waals surface area contributed by atoms with Crippen LogP contribution in [0.3, 0.4) is 0 Å². The van der Waals surface area contributed by atoms with Crippen molar-refractivity contribution in [3.63, 3.8) is 0 Å². The fraction of sp³-hybridized carbons (Fsp3) is 0.375. The van der Waals surface area contributed by atoms with Crippen molar-refractivity contribution in [2.24, 2.45) is 11.8 Å². The molecular formula is C48H60Cl2SiZr. The zero-order valence-corrected chi connectivity index (χ0v) is 38.4. The second-order valence-corrected chi connectivity index (χ2v) is 19.2. The van der Waals surface area contributed by atoms with Crippen LogP contribution in [0.2, 0.25) is 13.1 Å². The number of benzene rings is 4. The molecule has 0 spiro atoms. The summed E-state index contributed by atoms with van der Waals surface area (Å²) in [6, 6.07) is 36.6. The van der Waals surface area contributed by atoms with Crippen molar-refractivity contribution in [3.8, 4) is 22.3 Å². The predicted octanol–water partition coefficient (Wildman–Crippen LogP) is 15.3. The Morgan fingerprint density at radius 1 is 0.538 bits per heavy atom. The van der Waals surface area contributed by atoms with Gasteiger partial charge in [-0.1, -0.05) is 139 Å². The minimum absolute atomic E-state index is 0.698. The van der Waals surface area contributed by atoms with Gasteiger partial charge in [0.15, 0.2) is 0 Å². The van der Waals surface area contributed by atoms with Gasteiger partial charge in [-0.25, -0.2) is 0 Å². The summed E-state index contributed by atoms with van der Waals surface area (Å²) in [4.78, 5) is 0. The average Bonchev–Trinajstić information content (AvgIpc) is 3.74. The molecule has 0 fully saturated rings. The number of hydrogen-bond acceptors (Lipinski definition) is 0. The van der Waals surface area contributed by atoms with Crippen molar-refractivity contribution in [1.29, 1.82) is 0 Å². The molecule has 274 valence electrons. The average molecular weight is 827 g/mol. The molecule has 0 saturated heterocycles. The summed E-state index contributed by atoms with van der Waals surface area (Å²) in [6.45, 7) is 22.5. The molecule has 6 aromatic carbocycles. The van der Waals surface area contributed by atoms with Crippen LogP contribution in [0.15, 0.2) is 97.1 Å². The Morgan fingerprint density at radius 3 is 1.17 bits per heavy atom. The fourth-order valence-electron chi connectivity index (χ4n) is 7.33. The molecule has 0 aromatic heterocycles. The van der Waals surface area contributed by atoms with E-state index in [1.165, 1.54) is 77.2 Å². The molecule has 0 aliphatic carbocycles. The Morgan fingerprint density at radius 2 is 0.865 bits per heavy atom. The fourth-order valence-corrected chi connectivity index (χ4v) is 7.33. The summed E-state index contributed by atoms with van der Waals surface area (Å²) in [5, 5.41) is 5.64. The Kier molecular flexibility index (Phi) is 19.4. The topological polar surface area (TPSA) is 0 Å². The zero-order valence-electron chi connectivity index (χ0n) is 33.4. The third-order valence-corrected chi connectivity index (χ3v) is 9.46. The van der Waals surface area contributed by atoms with E-state index >= 15 is 0 Å². The van der Waals surface area contributed by atoms with Crippen molar-refractivity contribution >= 4 is 48.1 Å². The Hall–Kier alpha value is -2.22. The molecule has 0 amide bonds. The maximum atomic E-state index is 4.93. The van der Waals surface area contributed by atoms with Crippen LogP contribution >= 0.6 is 17.0 Å². The standard InChI is InChI=1S/2C23H27.C2H6Si.2ClH.Zr/c2*1-5-18-9-7-8-10-21(18)23-19(6-2)11-12-20-14-17(13-16(3)4)15-22(20)23;1-3-2;;;/h2*7-12,14-16H,5-6,13H2,1-4H3;1-2H3;2*1H;/q2*-1;;;;+4/p-2. The first-order valence-corrected chi connectivity index (χ1v) is 27.6. The molecule has 0 atom stereocenters. The SMILES string of the molecule is CCc1ccccc1-c1c(CC)ccc2[cH-]c(CC(C)C)cc12.CCc1ccccc1-c1c(CC)ccc2[cH-]c(CC(C)C)cc12.C[Si]C.[Cl][Zr+2][Cl]. The van der Waals surface area contributed by atoms with Gasteiger partial charge in [-0.3, -0.25) is 0 Å². The van der Waals surface area contributed by atoms with E-state index in [9.17, 15) is 0 Å². The van der Waals surface area contributed by atoms with Gasteiger partial charge >= 0.3 is 37.9 Å². The summed E-state index contributed by atoms with van der Waals surface area (Å²) in [5.41, 5.74) is 14.5. The third-order valence-electron chi connectivity index (χ3n) is 9.46. The Balaban J connectivity index is 0.000000244. The second kappa shape index (κ2) is 22.9. The van der Waals surface area contributed by atoms with E-state index in [2.05, 4.69) is 166 Å². The molecular weight excluding hydrogens is 767 g/mol. The second-order valence-electron chi connectivity index (χ2n) is 14.4. The number of fused-ring (bicyclic) bond motifs is 2. The van der Waals surface area contributed by atoms with E-state index in [0.29, 0.717) is 11.8 Å². The van der Waals surface area contributed by atoms with Crippen molar-refractivity contribution in [2.75, 3.05) is 0 Å². The molecule has 0 unspecified atom stereocenters. The molecule has 2 radical (unpaired) electrons. The summed E-state index contributed by atoms with van der Waals surface area (Å²) >= 11 is -0.826. The van der Waals surface area contributed by atoms with Crippen LogP contribution in [0, 0.1) is 11.8 Å². The van der Waals surface area contributed by atoms with Crippen molar-refractivity contribution in [2.45, 2.75) is 107 Å². The van der Waals surface area contributed by atoms with Gasteiger partial charge in [0, 0.05) is 9.52 Å². The van der Waals surface area contributed by atoms with Gasteiger partial charge in [0.1, 0.15) is 0 Å². The van der Waals surface area contributed by atoms with Gasteiger partial charge in [-0.05, 0) is 72.6 Å². The van der Waals surface area contributed by atoms with E-state index in [1.54, 1.807) is 0 Å².